The summed E-state index contributed by atoms with van der Waals surface area (Å²) in [5.41, 5.74) is 0.920. The molecule has 0 aliphatic carbocycles. The van der Waals surface area contributed by atoms with Crippen LogP contribution in [0.25, 0.3) is 0 Å². The van der Waals surface area contributed by atoms with E-state index in [1.165, 1.54) is 4.90 Å². The van der Waals surface area contributed by atoms with E-state index in [1.54, 1.807) is 30.5 Å². The number of carbonyl (C=O) groups excluding carboxylic acids is 1. The van der Waals surface area contributed by atoms with E-state index in [-0.39, 0.29) is 5.91 Å². The van der Waals surface area contributed by atoms with Crippen molar-refractivity contribution < 1.29 is 9.90 Å². The van der Waals surface area contributed by atoms with E-state index in [2.05, 4.69) is 4.98 Å². The minimum absolute atomic E-state index is 0.192. The lowest BCUT2D eigenvalue weighted by Gasteiger charge is -2.34. The molecule has 0 fully saturated rings. The van der Waals surface area contributed by atoms with Crippen molar-refractivity contribution in [3.63, 3.8) is 0 Å². The molecule has 0 saturated heterocycles. The Morgan fingerprint density at radius 1 is 0.917 bits per heavy atom. The van der Waals surface area contributed by atoms with Crippen molar-refractivity contribution in [1.82, 2.24) is 9.88 Å². The molecule has 1 aliphatic rings. The Balaban J connectivity index is 1.87. The average molecular weight is 316 g/mol. The molecule has 1 atom stereocenters. The van der Waals surface area contributed by atoms with Crippen molar-refractivity contribution in [3.05, 3.63) is 101 Å². The first-order valence-corrected chi connectivity index (χ1v) is 7.80. The van der Waals surface area contributed by atoms with Gasteiger partial charge in [-0.05, 0) is 23.8 Å². The van der Waals surface area contributed by atoms with Gasteiger partial charge in [-0.15, -0.1) is 0 Å². The maximum Gasteiger partial charge on any atom is 0.257 e. The summed E-state index contributed by atoms with van der Waals surface area (Å²) in [5.74, 6) is -0.192. The first-order chi connectivity index (χ1) is 11.7. The van der Waals surface area contributed by atoms with Gasteiger partial charge < -0.3 is 5.11 Å². The molecule has 4 heteroatoms. The largest absolute Gasteiger partial charge is 0.362 e. The highest BCUT2D eigenvalue weighted by atomic mass is 16.3. The fourth-order valence-corrected chi connectivity index (χ4v) is 3.21. The van der Waals surface area contributed by atoms with E-state index in [9.17, 15) is 9.90 Å². The van der Waals surface area contributed by atoms with Crippen LogP contribution in [0.15, 0.2) is 79.0 Å². The van der Waals surface area contributed by atoms with E-state index in [4.69, 9.17) is 0 Å². The molecule has 0 spiro atoms. The van der Waals surface area contributed by atoms with Crippen LogP contribution in [0.1, 0.15) is 27.2 Å². The predicted molar refractivity (Wildman–Crippen MR) is 90.0 cm³/mol. The summed E-state index contributed by atoms with van der Waals surface area (Å²) in [4.78, 5) is 18.7. The molecule has 1 aromatic heterocycles. The van der Waals surface area contributed by atoms with Gasteiger partial charge in [0.05, 0.1) is 5.69 Å². The monoisotopic (exact) mass is 316 g/mol. The van der Waals surface area contributed by atoms with Crippen LogP contribution in [0.4, 0.5) is 0 Å². The highest BCUT2D eigenvalue weighted by molar-refractivity contribution is 6.00. The fraction of sp³-hybridized carbons (Fsp3) is 0.100. The van der Waals surface area contributed by atoms with Gasteiger partial charge in [-0.25, -0.2) is 0 Å². The summed E-state index contributed by atoms with van der Waals surface area (Å²) in [6.07, 6.45) is 1.62. The summed E-state index contributed by atoms with van der Waals surface area (Å²) in [5, 5.41) is 11.5. The number of aromatic nitrogens is 1. The molecule has 0 saturated carbocycles. The Hall–Kier alpha value is -2.98. The molecular weight excluding hydrogens is 300 g/mol. The Kier molecular flexibility index (Phi) is 3.40. The van der Waals surface area contributed by atoms with Crippen LogP contribution in [0.2, 0.25) is 0 Å². The number of hydrogen-bond acceptors (Lipinski definition) is 3. The number of benzene rings is 2. The zero-order valence-corrected chi connectivity index (χ0v) is 13.0. The third-order valence-electron chi connectivity index (χ3n) is 4.37. The third kappa shape index (κ3) is 2.12. The molecule has 2 heterocycles. The van der Waals surface area contributed by atoms with Gasteiger partial charge in [0.1, 0.15) is 0 Å². The normalized spacial score (nSPS) is 19.4. The number of aliphatic hydroxyl groups is 1. The van der Waals surface area contributed by atoms with E-state index in [0.717, 1.165) is 5.56 Å². The molecule has 0 bridgehead atoms. The summed E-state index contributed by atoms with van der Waals surface area (Å²) in [6, 6.07) is 22.2. The van der Waals surface area contributed by atoms with Crippen LogP contribution in [-0.2, 0) is 12.3 Å². The fourth-order valence-electron chi connectivity index (χ4n) is 3.21. The molecule has 118 valence electrons. The Morgan fingerprint density at radius 2 is 1.62 bits per heavy atom. The highest BCUT2D eigenvalue weighted by Crippen LogP contribution is 2.42. The number of nitrogens with zero attached hydrogens (tertiary/aromatic N) is 2. The summed E-state index contributed by atoms with van der Waals surface area (Å²) in [6.45, 7) is 0.307. The molecule has 4 rings (SSSR count). The van der Waals surface area contributed by atoms with Crippen LogP contribution in [-0.4, -0.2) is 20.9 Å². The minimum atomic E-state index is -1.56. The summed E-state index contributed by atoms with van der Waals surface area (Å²) in [7, 11) is 0. The van der Waals surface area contributed by atoms with Crippen molar-refractivity contribution >= 4 is 5.91 Å². The molecule has 2 aromatic carbocycles. The van der Waals surface area contributed by atoms with Crippen LogP contribution >= 0.6 is 0 Å². The molecule has 4 nitrogen and oxygen atoms in total. The molecule has 1 N–H and O–H groups in total. The lowest BCUT2D eigenvalue weighted by molar-refractivity contribution is -0.0573. The standard InChI is InChI=1S/C20H16N2O2/c23-19-16-10-4-5-11-17(16)20(24,18-12-6-7-13-21-18)22(19)14-15-8-2-1-3-9-15/h1-13,24H,14H2/t20-/m0/s1. The summed E-state index contributed by atoms with van der Waals surface area (Å²) >= 11 is 0. The smallest absolute Gasteiger partial charge is 0.257 e. The first kappa shape index (κ1) is 14.6. The van der Waals surface area contributed by atoms with Gasteiger partial charge in [0.2, 0.25) is 5.72 Å². The molecule has 24 heavy (non-hydrogen) atoms. The van der Waals surface area contributed by atoms with E-state index < -0.39 is 5.72 Å². The predicted octanol–water partition coefficient (Wildman–Crippen LogP) is 2.93. The van der Waals surface area contributed by atoms with E-state index >= 15 is 0 Å². The quantitative estimate of drug-likeness (QED) is 0.808. The topological polar surface area (TPSA) is 53.4 Å². The van der Waals surface area contributed by atoms with Crippen LogP contribution < -0.4 is 0 Å². The average Bonchev–Trinajstić information content (AvgIpc) is 2.87. The highest BCUT2D eigenvalue weighted by Gasteiger charge is 2.50. The van der Waals surface area contributed by atoms with Gasteiger partial charge in [-0.3, -0.25) is 14.7 Å². The van der Waals surface area contributed by atoms with Gasteiger partial charge in [0.15, 0.2) is 0 Å². The number of rotatable bonds is 3. The molecule has 3 aromatic rings. The molecule has 1 aliphatic heterocycles. The Morgan fingerprint density at radius 3 is 2.38 bits per heavy atom. The Labute approximate surface area is 140 Å². The number of hydrogen-bond donors (Lipinski definition) is 1. The van der Waals surface area contributed by atoms with Gasteiger partial charge in [0, 0.05) is 23.9 Å². The second kappa shape index (κ2) is 5.58. The van der Waals surface area contributed by atoms with Crippen molar-refractivity contribution in [2.24, 2.45) is 0 Å². The van der Waals surface area contributed by atoms with Gasteiger partial charge >= 0.3 is 0 Å². The van der Waals surface area contributed by atoms with Crippen LogP contribution in [0.5, 0.6) is 0 Å². The maximum atomic E-state index is 12.9. The minimum Gasteiger partial charge on any atom is -0.362 e. The van der Waals surface area contributed by atoms with Crippen molar-refractivity contribution in [2.75, 3.05) is 0 Å². The first-order valence-electron chi connectivity index (χ1n) is 7.80. The van der Waals surface area contributed by atoms with E-state index in [0.29, 0.717) is 23.4 Å². The molecule has 1 amide bonds. The molecular formula is C20H16N2O2. The van der Waals surface area contributed by atoms with Crippen molar-refractivity contribution in [1.29, 1.82) is 0 Å². The molecule has 0 unspecified atom stereocenters. The maximum absolute atomic E-state index is 12.9. The second-order valence-electron chi connectivity index (χ2n) is 5.81. The lowest BCUT2D eigenvalue weighted by Crippen LogP contribution is -2.44. The zero-order valence-electron chi connectivity index (χ0n) is 13.0. The van der Waals surface area contributed by atoms with Gasteiger partial charge in [0.25, 0.3) is 5.91 Å². The van der Waals surface area contributed by atoms with E-state index in [1.807, 2.05) is 48.5 Å². The number of pyridine rings is 1. The second-order valence-corrected chi connectivity index (χ2v) is 5.81. The lowest BCUT2D eigenvalue weighted by atomic mass is 9.97. The third-order valence-corrected chi connectivity index (χ3v) is 4.37. The Bertz CT molecular complexity index is 880. The van der Waals surface area contributed by atoms with Crippen LogP contribution in [0.3, 0.4) is 0 Å². The number of fused-ring (bicyclic) bond motifs is 1. The number of amides is 1. The zero-order chi connectivity index (χ0) is 16.6. The summed E-state index contributed by atoms with van der Waals surface area (Å²) < 4.78 is 0. The number of carbonyl (C=O) groups is 1. The van der Waals surface area contributed by atoms with Gasteiger partial charge in [-0.1, -0.05) is 54.6 Å². The van der Waals surface area contributed by atoms with Gasteiger partial charge in [-0.2, -0.15) is 0 Å². The SMILES string of the molecule is O=C1c2ccccc2[C@](O)(c2ccccn2)N1Cc1ccccc1. The van der Waals surface area contributed by atoms with Crippen LogP contribution in [0, 0.1) is 0 Å². The van der Waals surface area contributed by atoms with Crippen molar-refractivity contribution in [2.45, 2.75) is 12.3 Å². The molecule has 0 radical (unpaired) electrons. The van der Waals surface area contributed by atoms with Crippen molar-refractivity contribution in [3.8, 4) is 0 Å².